The first-order valence-electron chi connectivity index (χ1n) is 5.60. The highest BCUT2D eigenvalue weighted by Gasteiger charge is 2.17. The summed E-state index contributed by atoms with van der Waals surface area (Å²) < 4.78 is 16.1. The van der Waals surface area contributed by atoms with Gasteiger partial charge in [-0.2, -0.15) is 0 Å². The van der Waals surface area contributed by atoms with Gasteiger partial charge in [0.15, 0.2) is 29.4 Å². The van der Waals surface area contributed by atoms with E-state index >= 15 is 0 Å². The second kappa shape index (κ2) is 4.18. The van der Waals surface area contributed by atoms with Gasteiger partial charge >= 0.3 is 0 Å². The number of aryl methyl sites for hydroxylation is 1. The molecule has 0 fully saturated rings. The maximum atomic E-state index is 10.9. The Hall–Kier alpha value is -2.30. The lowest BCUT2D eigenvalue weighted by molar-refractivity contribution is 0.110. The topological polar surface area (TPSA) is 61.6 Å². The van der Waals surface area contributed by atoms with Crippen LogP contribution in [0.3, 0.4) is 0 Å². The lowest BCUT2D eigenvalue weighted by atomic mass is 10.1. The minimum absolute atomic E-state index is 0.226. The van der Waals surface area contributed by atoms with Crippen LogP contribution in [0.5, 0.6) is 11.5 Å². The Kier molecular flexibility index (Phi) is 2.51. The summed E-state index contributed by atoms with van der Waals surface area (Å²) in [5, 5.41) is 0. The number of fused-ring (bicyclic) bond motifs is 1. The molecule has 1 aromatic carbocycles. The molecule has 0 radical (unpaired) electrons. The number of hydrogen-bond donors (Lipinski definition) is 0. The summed E-state index contributed by atoms with van der Waals surface area (Å²) >= 11 is 0. The monoisotopic (exact) mass is 245 g/mol. The lowest BCUT2D eigenvalue weighted by Crippen LogP contribution is -2.15. The Morgan fingerprint density at radius 3 is 2.78 bits per heavy atom. The molecule has 0 unspecified atom stereocenters. The summed E-state index contributed by atoms with van der Waals surface area (Å²) in [4.78, 5) is 15.1. The molecule has 3 rings (SSSR count). The summed E-state index contributed by atoms with van der Waals surface area (Å²) in [5.41, 5.74) is 1.30. The molecule has 5 heteroatoms. The third kappa shape index (κ3) is 1.73. The van der Waals surface area contributed by atoms with E-state index < -0.39 is 0 Å². The third-order valence-electron chi connectivity index (χ3n) is 2.68. The average molecular weight is 245 g/mol. The van der Waals surface area contributed by atoms with Gasteiger partial charge in [-0.1, -0.05) is 0 Å². The standard InChI is InChI=1S/C13H11NO4/c1-8-14-13(12(7-15)18-8)9-2-3-10-11(6-9)17-5-4-16-10/h2-3,6-7H,4-5H2,1H3. The van der Waals surface area contributed by atoms with E-state index in [2.05, 4.69) is 4.98 Å². The molecule has 1 aliphatic heterocycles. The van der Waals surface area contributed by atoms with Crippen LogP contribution in [0.2, 0.25) is 0 Å². The molecule has 1 aliphatic rings. The lowest BCUT2D eigenvalue weighted by Gasteiger charge is -2.18. The van der Waals surface area contributed by atoms with Gasteiger partial charge in [0.25, 0.3) is 0 Å². The molecule has 2 aromatic rings. The molecule has 0 amide bonds. The normalized spacial score (nSPS) is 13.4. The fraction of sp³-hybridized carbons (Fsp3) is 0.231. The Labute approximate surface area is 103 Å². The summed E-state index contributed by atoms with van der Waals surface area (Å²) in [6.45, 7) is 2.78. The van der Waals surface area contributed by atoms with Crippen LogP contribution in [0.25, 0.3) is 11.3 Å². The maximum absolute atomic E-state index is 10.9. The van der Waals surface area contributed by atoms with Crippen LogP contribution in [0.15, 0.2) is 22.6 Å². The highest BCUT2D eigenvalue weighted by atomic mass is 16.6. The molecule has 0 spiro atoms. The van der Waals surface area contributed by atoms with Crippen LogP contribution in [-0.2, 0) is 0 Å². The van der Waals surface area contributed by atoms with E-state index in [1.807, 2.05) is 12.1 Å². The SMILES string of the molecule is Cc1nc(-c2ccc3c(c2)OCCO3)c(C=O)o1. The predicted octanol–water partition coefficient (Wildman–Crippen LogP) is 2.23. The van der Waals surface area contributed by atoms with Crippen molar-refractivity contribution in [3.05, 3.63) is 29.9 Å². The van der Waals surface area contributed by atoms with Crippen LogP contribution in [0.1, 0.15) is 16.4 Å². The molecule has 0 saturated heterocycles. The molecule has 1 aromatic heterocycles. The van der Waals surface area contributed by atoms with Gasteiger partial charge in [-0.05, 0) is 18.2 Å². The minimum Gasteiger partial charge on any atom is -0.486 e. The smallest absolute Gasteiger partial charge is 0.195 e. The van der Waals surface area contributed by atoms with Crippen molar-refractivity contribution in [3.63, 3.8) is 0 Å². The minimum atomic E-state index is 0.226. The zero-order chi connectivity index (χ0) is 12.5. The van der Waals surface area contributed by atoms with Crippen LogP contribution in [0.4, 0.5) is 0 Å². The third-order valence-corrected chi connectivity index (χ3v) is 2.68. The van der Waals surface area contributed by atoms with E-state index in [1.165, 1.54) is 0 Å². The van der Waals surface area contributed by atoms with Crippen molar-refractivity contribution < 1.29 is 18.7 Å². The van der Waals surface area contributed by atoms with Gasteiger partial charge in [0, 0.05) is 12.5 Å². The predicted molar refractivity (Wildman–Crippen MR) is 63.1 cm³/mol. The van der Waals surface area contributed by atoms with E-state index in [9.17, 15) is 4.79 Å². The Balaban J connectivity index is 2.08. The molecule has 0 atom stereocenters. The summed E-state index contributed by atoms with van der Waals surface area (Å²) in [6, 6.07) is 5.44. The van der Waals surface area contributed by atoms with E-state index in [-0.39, 0.29) is 5.76 Å². The van der Waals surface area contributed by atoms with Crippen molar-refractivity contribution in [2.24, 2.45) is 0 Å². The van der Waals surface area contributed by atoms with Crippen LogP contribution in [0, 0.1) is 6.92 Å². The second-order valence-electron chi connectivity index (χ2n) is 3.92. The summed E-state index contributed by atoms with van der Waals surface area (Å²) in [5.74, 6) is 2.06. The molecule has 0 saturated carbocycles. The number of oxazole rings is 1. The Morgan fingerprint density at radius 1 is 1.22 bits per heavy atom. The van der Waals surface area contributed by atoms with E-state index in [1.54, 1.807) is 13.0 Å². The molecule has 5 nitrogen and oxygen atoms in total. The first-order valence-corrected chi connectivity index (χ1v) is 5.60. The van der Waals surface area contributed by atoms with Gasteiger partial charge in [0.05, 0.1) is 0 Å². The van der Waals surface area contributed by atoms with Gasteiger partial charge in [-0.15, -0.1) is 0 Å². The number of hydrogen-bond acceptors (Lipinski definition) is 5. The highest BCUT2D eigenvalue weighted by Crippen LogP contribution is 2.35. The molecule has 0 aliphatic carbocycles. The quantitative estimate of drug-likeness (QED) is 0.759. The van der Waals surface area contributed by atoms with Crippen molar-refractivity contribution in [1.29, 1.82) is 0 Å². The van der Waals surface area contributed by atoms with Crippen LogP contribution in [-0.4, -0.2) is 24.5 Å². The van der Waals surface area contributed by atoms with Gasteiger partial charge in [-0.25, -0.2) is 4.98 Å². The van der Waals surface area contributed by atoms with Crippen molar-refractivity contribution in [2.75, 3.05) is 13.2 Å². The molecular weight excluding hydrogens is 234 g/mol. The number of nitrogens with zero attached hydrogens (tertiary/aromatic N) is 1. The number of aromatic nitrogens is 1. The number of benzene rings is 1. The van der Waals surface area contributed by atoms with Crippen LogP contribution < -0.4 is 9.47 Å². The fourth-order valence-corrected chi connectivity index (χ4v) is 1.92. The number of aldehydes is 1. The van der Waals surface area contributed by atoms with Crippen molar-refractivity contribution in [1.82, 2.24) is 4.98 Å². The fourth-order valence-electron chi connectivity index (χ4n) is 1.92. The zero-order valence-corrected chi connectivity index (χ0v) is 9.80. The highest BCUT2D eigenvalue weighted by molar-refractivity contribution is 5.82. The van der Waals surface area contributed by atoms with Gasteiger partial charge in [0.2, 0.25) is 0 Å². The van der Waals surface area contributed by atoms with Gasteiger partial charge in [-0.3, -0.25) is 4.79 Å². The first kappa shape index (κ1) is 10.8. The molecule has 0 bridgehead atoms. The molecule has 0 N–H and O–H groups in total. The number of rotatable bonds is 2. The van der Waals surface area contributed by atoms with Crippen LogP contribution >= 0.6 is 0 Å². The average Bonchev–Trinajstić information content (AvgIpc) is 2.79. The van der Waals surface area contributed by atoms with E-state index in [0.29, 0.717) is 42.6 Å². The first-order chi connectivity index (χ1) is 8.78. The molecular formula is C13H11NO4. The van der Waals surface area contributed by atoms with Gasteiger partial charge < -0.3 is 13.9 Å². The zero-order valence-electron chi connectivity index (χ0n) is 9.80. The summed E-state index contributed by atoms with van der Waals surface area (Å²) in [7, 11) is 0. The summed E-state index contributed by atoms with van der Waals surface area (Å²) in [6.07, 6.45) is 0.659. The number of ether oxygens (including phenoxy) is 2. The number of carbonyl (C=O) groups is 1. The largest absolute Gasteiger partial charge is 0.486 e. The molecule has 92 valence electrons. The van der Waals surface area contributed by atoms with Crippen molar-refractivity contribution >= 4 is 6.29 Å². The molecule has 2 heterocycles. The van der Waals surface area contributed by atoms with Crippen molar-refractivity contribution in [3.8, 4) is 22.8 Å². The number of carbonyl (C=O) groups excluding carboxylic acids is 1. The second-order valence-corrected chi connectivity index (χ2v) is 3.92. The van der Waals surface area contributed by atoms with Gasteiger partial charge in [0.1, 0.15) is 18.9 Å². The van der Waals surface area contributed by atoms with Crippen molar-refractivity contribution in [2.45, 2.75) is 6.92 Å². The van der Waals surface area contributed by atoms with E-state index in [0.717, 1.165) is 5.56 Å². The van der Waals surface area contributed by atoms with E-state index in [4.69, 9.17) is 13.9 Å². The molecule has 18 heavy (non-hydrogen) atoms. The maximum Gasteiger partial charge on any atom is 0.195 e. The Morgan fingerprint density at radius 2 is 2.00 bits per heavy atom. The Bertz CT molecular complexity index is 603.